The highest BCUT2D eigenvalue weighted by Crippen LogP contribution is 2.36. The Balaban J connectivity index is 1.94. The predicted octanol–water partition coefficient (Wildman–Crippen LogP) is 0.420. The van der Waals surface area contributed by atoms with E-state index in [1.54, 1.807) is 0 Å². The van der Waals surface area contributed by atoms with Crippen LogP contribution < -0.4 is 5.32 Å². The fraction of sp³-hybridized carbons (Fsp3) is 0.818. The molecule has 1 aliphatic carbocycles. The van der Waals surface area contributed by atoms with Crippen LogP contribution in [0.15, 0.2) is 0 Å². The highest BCUT2D eigenvalue weighted by atomic mass is 16.2. The number of carbonyl (C=O) groups excluding carboxylic acids is 2. The molecule has 1 atom stereocenters. The molecule has 0 aromatic rings. The summed E-state index contributed by atoms with van der Waals surface area (Å²) in [6.45, 7) is 0.776. The van der Waals surface area contributed by atoms with E-state index in [1.165, 1.54) is 0 Å². The molecular formula is C11H16N2O2. The van der Waals surface area contributed by atoms with Crippen molar-refractivity contribution < 1.29 is 9.59 Å². The molecule has 4 nitrogen and oxygen atoms in total. The van der Waals surface area contributed by atoms with Gasteiger partial charge in [0.05, 0.1) is 0 Å². The van der Waals surface area contributed by atoms with Gasteiger partial charge in [-0.3, -0.25) is 9.59 Å². The molecule has 1 N–H and O–H groups in total. The van der Waals surface area contributed by atoms with Crippen molar-refractivity contribution in [2.75, 3.05) is 6.54 Å². The first kappa shape index (κ1) is 9.19. The number of rotatable bonds is 0. The fourth-order valence-electron chi connectivity index (χ4n) is 3.25. The zero-order valence-electron chi connectivity index (χ0n) is 8.79. The normalized spacial score (nSPS) is 33.3. The minimum Gasteiger partial charge on any atom is -0.340 e. The Bertz CT molecular complexity index is 321. The van der Waals surface area contributed by atoms with Gasteiger partial charge in [-0.15, -0.1) is 0 Å². The van der Waals surface area contributed by atoms with E-state index < -0.39 is 5.54 Å². The van der Waals surface area contributed by atoms with E-state index in [0.717, 1.165) is 45.1 Å². The number of piperazine rings is 1. The van der Waals surface area contributed by atoms with Gasteiger partial charge in [0.25, 0.3) is 0 Å². The second kappa shape index (κ2) is 2.97. The number of carbonyl (C=O) groups is 2. The number of hydrogen-bond donors (Lipinski definition) is 1. The van der Waals surface area contributed by atoms with Gasteiger partial charge < -0.3 is 10.2 Å². The first-order valence-electron chi connectivity index (χ1n) is 5.86. The van der Waals surface area contributed by atoms with Crippen LogP contribution >= 0.6 is 0 Å². The van der Waals surface area contributed by atoms with Gasteiger partial charge >= 0.3 is 0 Å². The summed E-state index contributed by atoms with van der Waals surface area (Å²) in [6.07, 6.45) is 5.60. The molecular weight excluding hydrogens is 192 g/mol. The Hall–Kier alpha value is -1.06. The monoisotopic (exact) mass is 208 g/mol. The van der Waals surface area contributed by atoms with E-state index >= 15 is 0 Å². The lowest BCUT2D eigenvalue weighted by atomic mass is 9.91. The van der Waals surface area contributed by atoms with E-state index in [1.807, 2.05) is 4.90 Å². The molecule has 1 saturated carbocycles. The fourth-order valence-corrected chi connectivity index (χ4v) is 3.25. The van der Waals surface area contributed by atoms with Crippen molar-refractivity contribution in [3.63, 3.8) is 0 Å². The SMILES string of the molecule is O=C1NC2(CCCC2)C(=O)N2CCC[C@H]12. The summed E-state index contributed by atoms with van der Waals surface area (Å²) in [4.78, 5) is 26.0. The molecule has 82 valence electrons. The maximum absolute atomic E-state index is 12.3. The predicted molar refractivity (Wildman–Crippen MR) is 54.1 cm³/mol. The largest absolute Gasteiger partial charge is 0.340 e. The molecule has 3 aliphatic rings. The van der Waals surface area contributed by atoms with Gasteiger partial charge in [-0.1, -0.05) is 12.8 Å². The molecule has 0 aromatic carbocycles. The summed E-state index contributed by atoms with van der Waals surface area (Å²) in [6, 6.07) is -0.163. The molecule has 2 saturated heterocycles. The summed E-state index contributed by atoms with van der Waals surface area (Å²) in [5, 5.41) is 2.98. The van der Waals surface area contributed by atoms with Crippen LogP contribution in [0.4, 0.5) is 0 Å². The molecule has 2 aliphatic heterocycles. The Morgan fingerprint density at radius 2 is 1.93 bits per heavy atom. The molecule has 3 rings (SSSR count). The molecule has 1 spiro atoms. The van der Waals surface area contributed by atoms with Gasteiger partial charge in [0.15, 0.2) is 0 Å². The number of hydrogen-bond acceptors (Lipinski definition) is 2. The first-order chi connectivity index (χ1) is 7.23. The quantitative estimate of drug-likeness (QED) is 0.627. The van der Waals surface area contributed by atoms with E-state index in [-0.39, 0.29) is 17.9 Å². The maximum atomic E-state index is 12.3. The third-order valence-electron chi connectivity index (χ3n) is 4.05. The van der Waals surface area contributed by atoms with Crippen molar-refractivity contribution in [1.29, 1.82) is 0 Å². The average Bonchev–Trinajstić information content (AvgIpc) is 2.83. The second-order valence-corrected chi connectivity index (χ2v) is 4.94. The number of nitrogens with zero attached hydrogens (tertiary/aromatic N) is 1. The van der Waals surface area contributed by atoms with Crippen LogP contribution in [0.3, 0.4) is 0 Å². The standard InChI is InChI=1S/C11H16N2O2/c14-9-8-4-3-7-13(8)10(15)11(12-9)5-1-2-6-11/h8H,1-7H2,(H,12,14)/t8-/m1/s1. The van der Waals surface area contributed by atoms with E-state index in [9.17, 15) is 9.59 Å². The van der Waals surface area contributed by atoms with Crippen LogP contribution in [0.25, 0.3) is 0 Å². The van der Waals surface area contributed by atoms with Crippen LogP contribution in [-0.2, 0) is 9.59 Å². The molecule has 3 fully saturated rings. The highest BCUT2D eigenvalue weighted by Gasteiger charge is 2.52. The first-order valence-corrected chi connectivity index (χ1v) is 5.86. The Morgan fingerprint density at radius 1 is 1.20 bits per heavy atom. The third kappa shape index (κ3) is 1.13. The van der Waals surface area contributed by atoms with Crippen LogP contribution in [0.1, 0.15) is 38.5 Å². The van der Waals surface area contributed by atoms with E-state index in [2.05, 4.69) is 5.32 Å². The molecule has 0 aromatic heterocycles. The lowest BCUT2D eigenvalue weighted by molar-refractivity contribution is -0.152. The molecule has 4 heteroatoms. The summed E-state index contributed by atoms with van der Waals surface area (Å²) in [7, 11) is 0. The van der Waals surface area contributed by atoms with Crippen molar-refractivity contribution >= 4 is 11.8 Å². The average molecular weight is 208 g/mol. The molecule has 0 bridgehead atoms. The molecule has 2 amide bonds. The minimum absolute atomic E-state index is 0.0778. The summed E-state index contributed by atoms with van der Waals surface area (Å²) < 4.78 is 0. The molecule has 2 heterocycles. The Morgan fingerprint density at radius 3 is 2.67 bits per heavy atom. The summed E-state index contributed by atoms with van der Waals surface area (Å²) >= 11 is 0. The van der Waals surface area contributed by atoms with Crippen LogP contribution in [0.2, 0.25) is 0 Å². The lowest BCUT2D eigenvalue weighted by Crippen LogP contribution is -2.67. The van der Waals surface area contributed by atoms with Gasteiger partial charge in [0, 0.05) is 6.54 Å². The van der Waals surface area contributed by atoms with Crippen LogP contribution in [-0.4, -0.2) is 34.8 Å². The van der Waals surface area contributed by atoms with Gasteiger partial charge in [0.1, 0.15) is 11.6 Å². The van der Waals surface area contributed by atoms with Gasteiger partial charge in [-0.2, -0.15) is 0 Å². The molecule has 15 heavy (non-hydrogen) atoms. The number of nitrogens with one attached hydrogen (secondary N) is 1. The number of amides is 2. The molecule has 0 unspecified atom stereocenters. The lowest BCUT2D eigenvalue weighted by Gasteiger charge is -2.41. The maximum Gasteiger partial charge on any atom is 0.249 e. The van der Waals surface area contributed by atoms with E-state index in [4.69, 9.17) is 0 Å². The van der Waals surface area contributed by atoms with Crippen molar-refractivity contribution in [3.8, 4) is 0 Å². The zero-order chi connectivity index (χ0) is 10.5. The van der Waals surface area contributed by atoms with Crippen molar-refractivity contribution in [1.82, 2.24) is 10.2 Å². The van der Waals surface area contributed by atoms with Gasteiger partial charge in [-0.05, 0) is 25.7 Å². The van der Waals surface area contributed by atoms with Crippen LogP contribution in [0, 0.1) is 0 Å². The highest BCUT2D eigenvalue weighted by molar-refractivity contribution is 6.00. The van der Waals surface area contributed by atoms with Gasteiger partial charge in [-0.25, -0.2) is 0 Å². The summed E-state index contributed by atoms with van der Waals surface area (Å²) in [5.74, 6) is 0.260. The number of fused-ring (bicyclic) bond motifs is 1. The van der Waals surface area contributed by atoms with Gasteiger partial charge in [0.2, 0.25) is 11.8 Å². The Labute approximate surface area is 89.0 Å². The second-order valence-electron chi connectivity index (χ2n) is 4.94. The smallest absolute Gasteiger partial charge is 0.249 e. The van der Waals surface area contributed by atoms with Crippen molar-refractivity contribution in [2.45, 2.75) is 50.1 Å². The van der Waals surface area contributed by atoms with E-state index in [0.29, 0.717) is 0 Å². The minimum atomic E-state index is -0.516. The van der Waals surface area contributed by atoms with Crippen LogP contribution in [0.5, 0.6) is 0 Å². The topological polar surface area (TPSA) is 49.4 Å². The summed E-state index contributed by atoms with van der Waals surface area (Å²) in [5.41, 5.74) is -0.516. The Kier molecular flexibility index (Phi) is 1.82. The molecule has 0 radical (unpaired) electrons. The van der Waals surface area contributed by atoms with Crippen molar-refractivity contribution in [3.05, 3.63) is 0 Å². The third-order valence-corrected chi connectivity index (χ3v) is 4.05. The van der Waals surface area contributed by atoms with Crippen molar-refractivity contribution in [2.24, 2.45) is 0 Å². The zero-order valence-corrected chi connectivity index (χ0v) is 8.79.